The third-order valence-corrected chi connectivity index (χ3v) is 6.05. The minimum absolute atomic E-state index is 0.00795. The molecule has 0 amide bonds. The van der Waals surface area contributed by atoms with E-state index in [0.29, 0.717) is 27.5 Å². The number of thiazole rings is 1. The van der Waals surface area contributed by atoms with Gasteiger partial charge in [0.15, 0.2) is 11.0 Å². The van der Waals surface area contributed by atoms with Crippen LogP contribution in [0.25, 0.3) is 15.9 Å². The number of aromatic nitrogens is 6. The lowest BCUT2D eigenvalue weighted by molar-refractivity contribution is 0.629. The summed E-state index contributed by atoms with van der Waals surface area (Å²) in [7, 11) is 0. The van der Waals surface area contributed by atoms with Gasteiger partial charge in [0.05, 0.1) is 22.8 Å². The van der Waals surface area contributed by atoms with Crippen LogP contribution < -0.4 is 10.9 Å². The third kappa shape index (κ3) is 3.38. The molecule has 1 aromatic carbocycles. The maximum absolute atomic E-state index is 13.6. The molecule has 0 bridgehead atoms. The van der Waals surface area contributed by atoms with E-state index >= 15 is 0 Å². The minimum atomic E-state index is -0.572. The maximum Gasteiger partial charge on any atom is 0.253 e. The SMILES string of the molecule is CC(Nc1ncc(-n2nnnc2C2CC2)s1)c1cc2cc(Cl)c(F)cc2[nH]c1=O. The minimum Gasteiger partial charge on any atom is -0.355 e. The average Bonchev–Trinajstić information content (AvgIpc) is 3.22. The Morgan fingerprint density at radius 1 is 1.38 bits per heavy atom. The van der Waals surface area contributed by atoms with Crippen molar-refractivity contribution < 1.29 is 4.39 Å². The molecule has 0 radical (unpaired) electrons. The largest absolute Gasteiger partial charge is 0.355 e. The number of anilines is 1. The van der Waals surface area contributed by atoms with Gasteiger partial charge in [0.1, 0.15) is 10.8 Å². The summed E-state index contributed by atoms with van der Waals surface area (Å²) in [4.78, 5) is 19.6. The maximum atomic E-state index is 13.6. The van der Waals surface area contributed by atoms with E-state index in [-0.39, 0.29) is 16.6 Å². The molecule has 4 aromatic rings. The first-order chi connectivity index (χ1) is 14.0. The van der Waals surface area contributed by atoms with Crippen LogP contribution in [-0.4, -0.2) is 30.2 Å². The number of tetrazole rings is 1. The molecule has 1 atom stereocenters. The van der Waals surface area contributed by atoms with Gasteiger partial charge in [0, 0.05) is 16.9 Å². The number of pyridine rings is 1. The van der Waals surface area contributed by atoms with Gasteiger partial charge < -0.3 is 10.3 Å². The Labute approximate surface area is 172 Å². The Kier molecular flexibility index (Phi) is 4.32. The summed E-state index contributed by atoms with van der Waals surface area (Å²) < 4.78 is 15.4. The highest BCUT2D eigenvalue weighted by Gasteiger charge is 2.30. The number of nitrogens with zero attached hydrogens (tertiary/aromatic N) is 5. The average molecular weight is 432 g/mol. The molecule has 11 heteroatoms. The van der Waals surface area contributed by atoms with E-state index in [2.05, 4.69) is 30.8 Å². The first-order valence-corrected chi connectivity index (χ1v) is 10.2. The van der Waals surface area contributed by atoms with E-state index in [1.165, 1.54) is 23.5 Å². The van der Waals surface area contributed by atoms with Crippen LogP contribution in [0.4, 0.5) is 9.52 Å². The summed E-state index contributed by atoms with van der Waals surface area (Å²) in [6.45, 7) is 1.86. The lowest BCUT2D eigenvalue weighted by Crippen LogP contribution is -2.19. The number of benzene rings is 1. The summed E-state index contributed by atoms with van der Waals surface area (Å²) in [6.07, 6.45) is 3.90. The van der Waals surface area contributed by atoms with E-state index in [1.54, 1.807) is 16.9 Å². The van der Waals surface area contributed by atoms with Crippen molar-refractivity contribution in [2.45, 2.75) is 31.7 Å². The molecule has 0 spiro atoms. The van der Waals surface area contributed by atoms with Crippen LogP contribution in [0.1, 0.15) is 43.1 Å². The van der Waals surface area contributed by atoms with Gasteiger partial charge in [-0.2, -0.15) is 4.68 Å². The van der Waals surface area contributed by atoms with Crippen LogP contribution in [0.15, 0.2) is 29.2 Å². The Hall–Kier alpha value is -2.85. The van der Waals surface area contributed by atoms with Crippen molar-refractivity contribution in [3.05, 3.63) is 57.0 Å². The van der Waals surface area contributed by atoms with Crippen LogP contribution in [0.5, 0.6) is 0 Å². The molecule has 1 aliphatic rings. The fourth-order valence-corrected chi connectivity index (χ4v) is 4.21. The zero-order valence-electron chi connectivity index (χ0n) is 15.2. The van der Waals surface area contributed by atoms with Gasteiger partial charge in [-0.05, 0) is 48.4 Å². The lowest BCUT2D eigenvalue weighted by atomic mass is 10.1. The molecule has 3 heterocycles. The molecule has 29 heavy (non-hydrogen) atoms. The van der Waals surface area contributed by atoms with Gasteiger partial charge in [-0.3, -0.25) is 4.79 Å². The number of halogens is 2. The molecule has 8 nitrogen and oxygen atoms in total. The van der Waals surface area contributed by atoms with E-state index in [4.69, 9.17) is 11.6 Å². The second-order valence-electron chi connectivity index (χ2n) is 7.00. The second-order valence-corrected chi connectivity index (χ2v) is 8.42. The van der Waals surface area contributed by atoms with Crippen molar-refractivity contribution in [1.29, 1.82) is 0 Å². The molecule has 0 aliphatic heterocycles. The van der Waals surface area contributed by atoms with Crippen molar-refractivity contribution in [2.75, 3.05) is 5.32 Å². The molecule has 5 rings (SSSR count). The Bertz CT molecular complexity index is 1280. The van der Waals surface area contributed by atoms with Crippen molar-refractivity contribution in [3.63, 3.8) is 0 Å². The van der Waals surface area contributed by atoms with Crippen molar-refractivity contribution in [3.8, 4) is 5.00 Å². The van der Waals surface area contributed by atoms with Gasteiger partial charge in [-0.15, -0.1) is 5.10 Å². The number of aromatic amines is 1. The highest BCUT2D eigenvalue weighted by atomic mass is 35.5. The van der Waals surface area contributed by atoms with E-state index in [0.717, 1.165) is 23.7 Å². The van der Waals surface area contributed by atoms with Gasteiger partial charge in [0.2, 0.25) is 0 Å². The summed E-state index contributed by atoms with van der Waals surface area (Å²) in [5.74, 6) is 0.691. The zero-order valence-corrected chi connectivity index (χ0v) is 16.8. The van der Waals surface area contributed by atoms with Crippen LogP contribution in [-0.2, 0) is 0 Å². The normalized spacial score (nSPS) is 15.0. The Morgan fingerprint density at radius 3 is 3.00 bits per heavy atom. The highest BCUT2D eigenvalue weighted by molar-refractivity contribution is 7.17. The molecule has 148 valence electrons. The molecule has 2 N–H and O–H groups in total. The molecular formula is C18H15ClFN7OS. The Balaban J connectivity index is 1.42. The second kappa shape index (κ2) is 6.89. The van der Waals surface area contributed by atoms with E-state index < -0.39 is 5.82 Å². The standard InChI is InChI=1S/C18H15ClFN7OS/c1-8(11-4-10-5-12(19)13(20)6-14(10)23-17(11)28)22-18-21-7-15(29-18)27-16(9-2-3-9)24-25-26-27/h4-9H,2-3H2,1H3,(H,21,22)(H,23,28). The van der Waals surface area contributed by atoms with Gasteiger partial charge in [0.25, 0.3) is 5.56 Å². The number of fused-ring (bicyclic) bond motifs is 1. The third-order valence-electron chi connectivity index (χ3n) is 4.86. The van der Waals surface area contributed by atoms with E-state index in [9.17, 15) is 9.18 Å². The molecule has 3 aromatic heterocycles. The molecule has 1 aliphatic carbocycles. The van der Waals surface area contributed by atoms with Gasteiger partial charge >= 0.3 is 0 Å². The summed E-state index contributed by atoms with van der Waals surface area (Å²) in [5.41, 5.74) is 0.598. The lowest BCUT2D eigenvalue weighted by Gasteiger charge is -2.13. The fourth-order valence-electron chi connectivity index (χ4n) is 3.18. The molecule has 1 saturated carbocycles. The highest BCUT2D eigenvalue weighted by Crippen LogP contribution is 2.39. The molecule has 1 unspecified atom stereocenters. The molecule has 0 saturated heterocycles. The smallest absolute Gasteiger partial charge is 0.253 e. The van der Waals surface area contributed by atoms with Crippen LogP contribution >= 0.6 is 22.9 Å². The molecule has 1 fully saturated rings. The first kappa shape index (κ1) is 18.2. The Morgan fingerprint density at radius 2 is 2.21 bits per heavy atom. The monoisotopic (exact) mass is 431 g/mol. The summed E-state index contributed by atoms with van der Waals surface area (Å²) in [5, 5.41) is 17.3. The van der Waals surface area contributed by atoms with E-state index in [1.807, 2.05) is 6.92 Å². The predicted molar refractivity (Wildman–Crippen MR) is 108 cm³/mol. The summed E-state index contributed by atoms with van der Waals surface area (Å²) >= 11 is 7.27. The first-order valence-electron chi connectivity index (χ1n) is 9.02. The summed E-state index contributed by atoms with van der Waals surface area (Å²) in [6, 6.07) is 4.09. The molecular weight excluding hydrogens is 417 g/mol. The number of nitrogens with one attached hydrogen (secondary N) is 2. The fraction of sp³-hybridized carbons (Fsp3) is 0.278. The van der Waals surface area contributed by atoms with Gasteiger partial charge in [-0.25, -0.2) is 9.37 Å². The van der Waals surface area contributed by atoms with Crippen LogP contribution in [0, 0.1) is 5.82 Å². The zero-order chi connectivity index (χ0) is 20.1. The van der Waals surface area contributed by atoms with Crippen molar-refractivity contribution in [2.24, 2.45) is 0 Å². The van der Waals surface area contributed by atoms with Crippen LogP contribution in [0.3, 0.4) is 0 Å². The quantitative estimate of drug-likeness (QED) is 0.498. The number of hydrogen-bond donors (Lipinski definition) is 2. The van der Waals surface area contributed by atoms with Gasteiger partial charge in [-0.1, -0.05) is 22.9 Å². The number of H-pyrrole nitrogens is 1. The van der Waals surface area contributed by atoms with Crippen molar-refractivity contribution in [1.82, 2.24) is 30.2 Å². The number of hydrogen-bond acceptors (Lipinski definition) is 7. The number of rotatable bonds is 5. The van der Waals surface area contributed by atoms with Crippen LogP contribution in [0.2, 0.25) is 5.02 Å². The predicted octanol–water partition coefficient (Wildman–Crippen LogP) is 3.80. The van der Waals surface area contributed by atoms with Crippen molar-refractivity contribution >= 4 is 39.0 Å². The topological polar surface area (TPSA) is 101 Å².